The van der Waals surface area contributed by atoms with Gasteiger partial charge in [0, 0.05) is 26.2 Å². The second-order valence-corrected chi connectivity index (χ2v) is 6.65. The Morgan fingerprint density at radius 2 is 2.25 bits per heavy atom. The Morgan fingerprint density at radius 1 is 1.44 bits per heavy atom. The smallest absolute Gasteiger partial charge is 0.216 e. The van der Waals surface area contributed by atoms with E-state index in [0.717, 1.165) is 19.4 Å². The van der Waals surface area contributed by atoms with Crippen LogP contribution in [0, 0.1) is 5.92 Å². The summed E-state index contributed by atoms with van der Waals surface area (Å²) in [5, 5.41) is 3.43. The van der Waals surface area contributed by atoms with Crippen LogP contribution in [-0.2, 0) is 14.8 Å². The normalized spacial score (nSPS) is 31.6. The molecule has 2 aliphatic heterocycles. The maximum atomic E-state index is 12.0. The number of nitrogens with zero attached hydrogens (tertiary/aromatic N) is 1. The van der Waals surface area contributed by atoms with Crippen molar-refractivity contribution in [1.82, 2.24) is 9.62 Å². The zero-order chi connectivity index (χ0) is 11.6. The second-order valence-electron chi connectivity index (χ2n) is 4.56. The lowest BCUT2D eigenvalue weighted by atomic mass is 9.95. The van der Waals surface area contributed by atoms with E-state index in [-0.39, 0.29) is 12.4 Å². The van der Waals surface area contributed by atoms with Crippen molar-refractivity contribution in [1.29, 1.82) is 0 Å². The van der Waals surface area contributed by atoms with Crippen molar-refractivity contribution in [2.45, 2.75) is 18.9 Å². The molecule has 2 rings (SSSR count). The number of sulfonamides is 1. The minimum absolute atomic E-state index is 0.105. The van der Waals surface area contributed by atoms with E-state index in [1.54, 1.807) is 4.31 Å². The van der Waals surface area contributed by atoms with Gasteiger partial charge in [0.2, 0.25) is 10.0 Å². The molecule has 0 amide bonds. The van der Waals surface area contributed by atoms with E-state index >= 15 is 0 Å². The zero-order valence-electron chi connectivity index (χ0n) is 9.68. The number of rotatable bonds is 4. The monoisotopic (exact) mass is 248 g/mol. The van der Waals surface area contributed by atoms with Crippen molar-refractivity contribution in [2.24, 2.45) is 5.92 Å². The summed E-state index contributed by atoms with van der Waals surface area (Å²) in [6.07, 6.45) is 2.04. The summed E-state index contributed by atoms with van der Waals surface area (Å²) < 4.78 is 30.4. The molecule has 6 heteroatoms. The number of hydrogen-bond acceptors (Lipinski definition) is 4. The first-order chi connectivity index (χ1) is 7.63. The number of fused-ring (bicyclic) bond motifs is 1. The van der Waals surface area contributed by atoms with Crippen LogP contribution in [0.1, 0.15) is 12.8 Å². The lowest BCUT2D eigenvalue weighted by Gasteiger charge is -2.33. The summed E-state index contributed by atoms with van der Waals surface area (Å²) in [5.74, 6) is 0.611. The molecule has 16 heavy (non-hydrogen) atoms. The average molecular weight is 248 g/mol. The first kappa shape index (κ1) is 12.3. The number of nitrogens with one attached hydrogen (secondary N) is 1. The molecule has 0 radical (unpaired) electrons. The molecule has 0 aromatic carbocycles. The lowest BCUT2D eigenvalue weighted by Crippen LogP contribution is -2.47. The van der Waals surface area contributed by atoms with Gasteiger partial charge in [0.15, 0.2) is 0 Å². The Kier molecular flexibility index (Phi) is 3.84. The van der Waals surface area contributed by atoms with Gasteiger partial charge >= 0.3 is 0 Å². The van der Waals surface area contributed by atoms with Gasteiger partial charge in [-0.2, -0.15) is 0 Å². The van der Waals surface area contributed by atoms with Crippen molar-refractivity contribution in [3.8, 4) is 0 Å². The van der Waals surface area contributed by atoms with E-state index in [1.807, 2.05) is 0 Å². The van der Waals surface area contributed by atoms with E-state index in [4.69, 9.17) is 4.74 Å². The zero-order valence-corrected chi connectivity index (χ0v) is 10.5. The summed E-state index contributed by atoms with van der Waals surface area (Å²) in [5.41, 5.74) is 0. The van der Waals surface area contributed by atoms with Crippen LogP contribution in [0.5, 0.6) is 0 Å². The van der Waals surface area contributed by atoms with E-state index in [9.17, 15) is 8.42 Å². The number of hydrogen-bond donors (Lipinski definition) is 1. The Bertz CT molecular complexity index is 331. The molecular weight excluding hydrogens is 228 g/mol. The predicted octanol–water partition coefficient (Wildman–Crippen LogP) is -0.354. The minimum atomic E-state index is -3.10. The van der Waals surface area contributed by atoms with Gasteiger partial charge in [0.1, 0.15) is 0 Å². The van der Waals surface area contributed by atoms with Crippen molar-refractivity contribution >= 4 is 10.0 Å². The number of ether oxygens (including phenoxy) is 1. The van der Waals surface area contributed by atoms with Crippen molar-refractivity contribution in [2.75, 3.05) is 39.1 Å². The summed E-state index contributed by atoms with van der Waals surface area (Å²) >= 11 is 0. The van der Waals surface area contributed by atoms with Crippen molar-refractivity contribution in [3.05, 3.63) is 0 Å². The van der Waals surface area contributed by atoms with Crippen LogP contribution >= 0.6 is 0 Å². The van der Waals surface area contributed by atoms with E-state index in [2.05, 4.69) is 5.32 Å². The van der Waals surface area contributed by atoms with Gasteiger partial charge in [0.05, 0.1) is 12.4 Å². The van der Waals surface area contributed by atoms with Crippen LogP contribution in [0.2, 0.25) is 0 Å². The van der Waals surface area contributed by atoms with Crippen LogP contribution in [0.4, 0.5) is 0 Å². The quantitative estimate of drug-likeness (QED) is 0.738. The summed E-state index contributed by atoms with van der Waals surface area (Å²) in [4.78, 5) is 0. The van der Waals surface area contributed by atoms with E-state index in [0.29, 0.717) is 25.0 Å². The lowest BCUT2D eigenvalue weighted by molar-refractivity contribution is 0.211. The Labute approximate surface area is 97.2 Å². The van der Waals surface area contributed by atoms with Crippen molar-refractivity contribution in [3.63, 3.8) is 0 Å². The maximum absolute atomic E-state index is 12.0. The van der Waals surface area contributed by atoms with Gasteiger partial charge in [-0.3, -0.25) is 0 Å². The molecule has 2 saturated heterocycles. The third-order valence-corrected chi connectivity index (χ3v) is 5.36. The topological polar surface area (TPSA) is 58.6 Å². The standard InChI is InChI=1S/C10H20N2O3S/c1-15-6-7-16(13,14)12-5-3-10-9(8-12)2-4-11-10/h9-11H,2-8H2,1H3. The molecule has 0 bridgehead atoms. The fourth-order valence-corrected chi connectivity index (χ4v) is 4.02. The minimum Gasteiger partial charge on any atom is -0.384 e. The summed E-state index contributed by atoms with van der Waals surface area (Å²) in [6.45, 7) is 2.65. The fourth-order valence-electron chi connectivity index (χ4n) is 2.58. The molecule has 0 aromatic heterocycles. The van der Waals surface area contributed by atoms with Gasteiger partial charge in [-0.25, -0.2) is 12.7 Å². The summed E-state index contributed by atoms with van der Waals surface area (Å²) in [7, 11) is -1.57. The molecule has 0 aromatic rings. The molecule has 0 saturated carbocycles. The molecule has 94 valence electrons. The highest BCUT2D eigenvalue weighted by Crippen LogP contribution is 2.26. The molecular formula is C10H20N2O3S. The Morgan fingerprint density at radius 3 is 3.00 bits per heavy atom. The van der Waals surface area contributed by atoms with Crippen LogP contribution in [0.25, 0.3) is 0 Å². The van der Waals surface area contributed by atoms with Crippen LogP contribution in [0.3, 0.4) is 0 Å². The summed E-state index contributed by atoms with van der Waals surface area (Å²) in [6, 6.07) is 0.536. The third kappa shape index (κ3) is 2.56. The van der Waals surface area contributed by atoms with E-state index in [1.165, 1.54) is 7.11 Å². The average Bonchev–Trinajstić information content (AvgIpc) is 2.73. The first-order valence-corrected chi connectivity index (χ1v) is 7.44. The van der Waals surface area contributed by atoms with Crippen LogP contribution in [-0.4, -0.2) is 57.9 Å². The number of piperidine rings is 1. The largest absolute Gasteiger partial charge is 0.384 e. The molecule has 2 aliphatic rings. The van der Waals surface area contributed by atoms with Gasteiger partial charge in [-0.15, -0.1) is 0 Å². The molecule has 2 fully saturated rings. The molecule has 1 N–H and O–H groups in total. The number of methoxy groups -OCH3 is 1. The highest BCUT2D eigenvalue weighted by Gasteiger charge is 2.36. The maximum Gasteiger partial charge on any atom is 0.216 e. The SMILES string of the molecule is COCCS(=O)(=O)N1CCC2NCCC2C1. The molecule has 2 unspecified atom stereocenters. The molecule has 2 heterocycles. The van der Waals surface area contributed by atoms with Crippen LogP contribution < -0.4 is 5.32 Å². The highest BCUT2D eigenvalue weighted by molar-refractivity contribution is 7.89. The second kappa shape index (κ2) is 5.00. The predicted molar refractivity (Wildman–Crippen MR) is 61.8 cm³/mol. The molecule has 2 atom stereocenters. The van der Waals surface area contributed by atoms with Gasteiger partial charge in [-0.1, -0.05) is 0 Å². The Balaban J connectivity index is 1.95. The highest BCUT2D eigenvalue weighted by atomic mass is 32.2. The fraction of sp³-hybridized carbons (Fsp3) is 1.00. The third-order valence-electron chi connectivity index (χ3n) is 3.56. The Hall–Kier alpha value is -0.170. The van der Waals surface area contributed by atoms with E-state index < -0.39 is 10.0 Å². The molecule has 0 spiro atoms. The van der Waals surface area contributed by atoms with Crippen LogP contribution in [0.15, 0.2) is 0 Å². The first-order valence-electron chi connectivity index (χ1n) is 5.83. The molecule has 5 nitrogen and oxygen atoms in total. The van der Waals surface area contributed by atoms with Gasteiger partial charge in [0.25, 0.3) is 0 Å². The van der Waals surface area contributed by atoms with Gasteiger partial charge < -0.3 is 10.1 Å². The molecule has 0 aliphatic carbocycles. The van der Waals surface area contributed by atoms with Gasteiger partial charge in [-0.05, 0) is 25.3 Å². The van der Waals surface area contributed by atoms with Crippen molar-refractivity contribution < 1.29 is 13.2 Å².